The molecule has 1 unspecified atom stereocenters. The lowest BCUT2D eigenvalue weighted by Gasteiger charge is -2.27. The van der Waals surface area contributed by atoms with Crippen LogP contribution in [0, 0.1) is 0 Å². The monoisotopic (exact) mass is 411 g/mol. The molecule has 7 nitrogen and oxygen atoms in total. The quantitative estimate of drug-likeness (QED) is 0.584. The number of benzene rings is 1. The maximum atomic E-state index is 12.0. The summed E-state index contributed by atoms with van der Waals surface area (Å²) in [4.78, 5) is 22.4. The molecular weight excluding hydrogens is 378 g/mol. The summed E-state index contributed by atoms with van der Waals surface area (Å²) in [6.07, 6.45) is 4.76. The van der Waals surface area contributed by atoms with E-state index in [-0.39, 0.29) is 23.9 Å². The number of rotatable bonds is 5. The van der Waals surface area contributed by atoms with E-state index in [1.165, 1.54) is 11.1 Å². The highest BCUT2D eigenvalue weighted by Crippen LogP contribution is 2.23. The van der Waals surface area contributed by atoms with E-state index in [1.54, 1.807) is 25.2 Å². The summed E-state index contributed by atoms with van der Waals surface area (Å²) in [5.41, 5.74) is 2.69. The summed E-state index contributed by atoms with van der Waals surface area (Å²) in [6.45, 7) is 6.76. The third-order valence-corrected chi connectivity index (χ3v) is 5.26. The first kappa shape index (κ1) is 21.9. The number of oxazole rings is 1. The van der Waals surface area contributed by atoms with Crippen molar-refractivity contribution in [2.45, 2.75) is 58.0 Å². The second-order valence-corrected chi connectivity index (χ2v) is 9.03. The molecule has 0 bridgehead atoms. The van der Waals surface area contributed by atoms with E-state index in [0.29, 0.717) is 18.4 Å². The number of carbonyl (C=O) groups excluding carboxylic acids is 1. The average molecular weight is 412 g/mol. The summed E-state index contributed by atoms with van der Waals surface area (Å²) < 4.78 is 5.87. The smallest absolute Gasteiger partial charge is 0.243 e. The van der Waals surface area contributed by atoms with Gasteiger partial charge in [-0.25, -0.2) is 9.98 Å². The summed E-state index contributed by atoms with van der Waals surface area (Å²) in [6, 6.07) is 8.82. The number of hydrogen-bond acceptors (Lipinski definition) is 4. The Labute approximate surface area is 179 Å². The standard InChI is InChI=1S/C23H33N5O2/c1-23(2,3)19-13-24-20(30-19)14-25-22(26-15-21(29)28(4)5)27-18-11-10-16-8-6-7-9-17(16)12-18/h6-9,13,18H,10-12,14-15H2,1-5H3,(H2,25,26,27). The molecule has 2 aromatic rings. The van der Waals surface area contributed by atoms with Crippen LogP contribution in [0.15, 0.2) is 39.9 Å². The third-order valence-electron chi connectivity index (χ3n) is 5.26. The minimum absolute atomic E-state index is 0.0452. The van der Waals surface area contributed by atoms with Crippen molar-refractivity contribution in [2.24, 2.45) is 4.99 Å². The van der Waals surface area contributed by atoms with Gasteiger partial charge in [0.1, 0.15) is 12.3 Å². The second-order valence-electron chi connectivity index (χ2n) is 9.03. The van der Waals surface area contributed by atoms with E-state index in [4.69, 9.17) is 4.42 Å². The summed E-state index contributed by atoms with van der Waals surface area (Å²) in [5, 5.41) is 6.78. The molecule has 1 amide bonds. The SMILES string of the molecule is CN(C)C(=O)CN=C(NCc1ncc(C(C)(C)C)o1)NC1CCc2ccccc2C1. The third kappa shape index (κ3) is 5.84. The molecular formula is C23H33N5O2. The first-order valence-corrected chi connectivity index (χ1v) is 10.5. The number of fused-ring (bicyclic) bond motifs is 1. The lowest BCUT2D eigenvalue weighted by molar-refractivity contribution is -0.127. The van der Waals surface area contributed by atoms with Crippen molar-refractivity contribution in [3.05, 3.63) is 53.2 Å². The number of guanidine groups is 1. The molecule has 162 valence electrons. The van der Waals surface area contributed by atoms with Crippen LogP contribution < -0.4 is 10.6 Å². The van der Waals surface area contributed by atoms with Crippen molar-refractivity contribution in [3.8, 4) is 0 Å². The van der Waals surface area contributed by atoms with Crippen LogP contribution in [-0.4, -0.2) is 48.4 Å². The first-order valence-electron chi connectivity index (χ1n) is 10.5. The molecule has 0 spiro atoms. The van der Waals surface area contributed by atoms with Gasteiger partial charge in [-0.3, -0.25) is 4.79 Å². The number of amides is 1. The normalized spacial score (nSPS) is 16.7. The van der Waals surface area contributed by atoms with Gasteiger partial charge in [0.15, 0.2) is 5.96 Å². The van der Waals surface area contributed by atoms with Gasteiger partial charge in [-0.1, -0.05) is 45.0 Å². The second kappa shape index (κ2) is 9.32. The van der Waals surface area contributed by atoms with E-state index in [1.807, 2.05) is 0 Å². The van der Waals surface area contributed by atoms with Crippen LogP contribution in [0.1, 0.15) is 50.0 Å². The van der Waals surface area contributed by atoms with Crippen molar-refractivity contribution < 1.29 is 9.21 Å². The van der Waals surface area contributed by atoms with Gasteiger partial charge < -0.3 is 20.0 Å². The maximum absolute atomic E-state index is 12.0. The van der Waals surface area contributed by atoms with Gasteiger partial charge in [0.05, 0.1) is 12.7 Å². The predicted molar refractivity (Wildman–Crippen MR) is 118 cm³/mol. The Kier molecular flexibility index (Phi) is 6.80. The molecule has 2 N–H and O–H groups in total. The van der Waals surface area contributed by atoms with Gasteiger partial charge >= 0.3 is 0 Å². The zero-order chi connectivity index (χ0) is 21.7. The Bertz CT molecular complexity index is 895. The molecule has 1 aliphatic carbocycles. The van der Waals surface area contributed by atoms with E-state index in [0.717, 1.165) is 25.0 Å². The van der Waals surface area contributed by atoms with Gasteiger partial charge in [0.25, 0.3) is 0 Å². The molecule has 0 radical (unpaired) electrons. The fraction of sp³-hybridized carbons (Fsp3) is 0.522. The summed E-state index contributed by atoms with van der Waals surface area (Å²) in [7, 11) is 3.47. The number of nitrogens with zero attached hydrogens (tertiary/aromatic N) is 3. The number of aliphatic imine (C=N–C) groups is 1. The van der Waals surface area contributed by atoms with Crippen molar-refractivity contribution in [1.29, 1.82) is 0 Å². The van der Waals surface area contributed by atoms with Crippen LogP contribution in [0.5, 0.6) is 0 Å². The highest BCUT2D eigenvalue weighted by Gasteiger charge is 2.21. The van der Waals surface area contributed by atoms with Crippen LogP contribution >= 0.6 is 0 Å². The Morgan fingerprint density at radius 1 is 1.27 bits per heavy atom. The molecule has 0 saturated heterocycles. The van der Waals surface area contributed by atoms with Gasteiger partial charge in [-0.2, -0.15) is 0 Å². The number of carbonyl (C=O) groups is 1. The zero-order valence-corrected chi connectivity index (χ0v) is 18.7. The lowest BCUT2D eigenvalue weighted by atomic mass is 9.88. The van der Waals surface area contributed by atoms with Crippen molar-refractivity contribution in [1.82, 2.24) is 20.5 Å². The van der Waals surface area contributed by atoms with Crippen molar-refractivity contribution >= 4 is 11.9 Å². The average Bonchev–Trinajstić information content (AvgIpc) is 3.19. The van der Waals surface area contributed by atoms with Crippen LogP contribution in [0.3, 0.4) is 0 Å². The lowest BCUT2D eigenvalue weighted by Crippen LogP contribution is -2.46. The Morgan fingerprint density at radius 3 is 2.67 bits per heavy atom. The topological polar surface area (TPSA) is 82.8 Å². The van der Waals surface area contributed by atoms with Gasteiger partial charge in [-0.05, 0) is 30.4 Å². The fourth-order valence-electron chi connectivity index (χ4n) is 3.35. The highest BCUT2D eigenvalue weighted by molar-refractivity contribution is 5.84. The number of hydrogen-bond donors (Lipinski definition) is 2. The minimum atomic E-state index is -0.0892. The van der Waals surface area contributed by atoms with Gasteiger partial charge in [-0.15, -0.1) is 0 Å². The largest absolute Gasteiger partial charge is 0.443 e. The molecule has 1 heterocycles. The molecule has 0 saturated carbocycles. The van der Waals surface area contributed by atoms with E-state index in [2.05, 4.69) is 65.6 Å². The molecule has 1 aromatic carbocycles. The van der Waals surface area contributed by atoms with Gasteiger partial charge in [0, 0.05) is 25.6 Å². The predicted octanol–water partition coefficient (Wildman–Crippen LogP) is 2.65. The number of nitrogens with one attached hydrogen (secondary N) is 2. The zero-order valence-electron chi connectivity index (χ0n) is 18.7. The maximum Gasteiger partial charge on any atom is 0.243 e. The van der Waals surface area contributed by atoms with Crippen LogP contribution in [0.4, 0.5) is 0 Å². The van der Waals surface area contributed by atoms with Crippen LogP contribution in [0.25, 0.3) is 0 Å². The molecule has 3 rings (SSSR count). The molecule has 0 aliphatic heterocycles. The molecule has 0 fully saturated rings. The minimum Gasteiger partial charge on any atom is -0.443 e. The van der Waals surface area contributed by atoms with Gasteiger partial charge in [0.2, 0.25) is 11.8 Å². The summed E-state index contributed by atoms with van der Waals surface area (Å²) in [5.74, 6) is 2.00. The number of likely N-dealkylation sites (N-methyl/N-ethyl adjacent to an activating group) is 1. The Balaban J connectivity index is 1.67. The number of aryl methyl sites for hydroxylation is 1. The van der Waals surface area contributed by atoms with E-state index in [9.17, 15) is 4.79 Å². The highest BCUT2D eigenvalue weighted by atomic mass is 16.4. The molecule has 7 heteroatoms. The molecule has 30 heavy (non-hydrogen) atoms. The Hall–Kier alpha value is -2.83. The van der Waals surface area contributed by atoms with E-state index < -0.39 is 0 Å². The molecule has 1 atom stereocenters. The first-order chi connectivity index (χ1) is 14.2. The van der Waals surface area contributed by atoms with E-state index >= 15 is 0 Å². The Morgan fingerprint density at radius 2 is 2.00 bits per heavy atom. The fourth-order valence-corrected chi connectivity index (χ4v) is 3.35. The van der Waals surface area contributed by atoms with Crippen molar-refractivity contribution in [2.75, 3.05) is 20.6 Å². The number of aromatic nitrogens is 1. The van der Waals surface area contributed by atoms with Crippen LogP contribution in [-0.2, 0) is 29.6 Å². The van der Waals surface area contributed by atoms with Crippen LogP contribution in [0.2, 0.25) is 0 Å². The molecule has 1 aromatic heterocycles. The molecule has 1 aliphatic rings. The van der Waals surface area contributed by atoms with Crippen molar-refractivity contribution in [3.63, 3.8) is 0 Å². The summed E-state index contributed by atoms with van der Waals surface area (Å²) >= 11 is 0.